The molecule has 0 bridgehead atoms. The summed E-state index contributed by atoms with van der Waals surface area (Å²) >= 11 is 0. The molecule has 1 aliphatic rings. The fourth-order valence-electron chi connectivity index (χ4n) is 2.88. The molecule has 1 N–H and O–H groups in total. The van der Waals surface area contributed by atoms with Crippen molar-refractivity contribution in [2.45, 2.75) is 57.8 Å². The Kier molecular flexibility index (Phi) is 8.58. The van der Waals surface area contributed by atoms with Crippen molar-refractivity contribution in [2.75, 3.05) is 19.8 Å². The average molecular weight is 363 g/mol. The number of benzene rings is 1. The number of hydrogen-bond donors (Lipinski definition) is 1. The third kappa shape index (κ3) is 6.77. The summed E-state index contributed by atoms with van der Waals surface area (Å²) < 4.78 is 16.3. The molecular weight excluding hydrogens is 334 g/mol. The summed E-state index contributed by atoms with van der Waals surface area (Å²) in [5.41, 5.74) is 0.858. The van der Waals surface area contributed by atoms with Crippen LogP contribution in [0.1, 0.15) is 51.1 Å². The normalized spacial score (nSPS) is 19.4. The van der Waals surface area contributed by atoms with Crippen molar-refractivity contribution in [3.05, 3.63) is 35.9 Å². The molecule has 144 valence electrons. The van der Waals surface area contributed by atoms with Crippen molar-refractivity contribution in [2.24, 2.45) is 0 Å². The van der Waals surface area contributed by atoms with E-state index in [0.29, 0.717) is 13.2 Å². The second-order valence-corrected chi connectivity index (χ2v) is 6.45. The van der Waals surface area contributed by atoms with Gasteiger partial charge in [0, 0.05) is 6.61 Å². The molecular formula is C20H29NO5. The standard InChI is InChI=1S/C20H29NO5/c1-3-24-19(22)13-18(16-9-5-4-6-10-16)21-20(23)15(2)26-14-17-11-7-8-12-25-17/h4-6,9-10,15,17-18H,3,7-8,11-14H2,1-2H3,(H,21,23). The fraction of sp³-hybridized carbons (Fsp3) is 0.600. The van der Waals surface area contributed by atoms with Gasteiger partial charge >= 0.3 is 5.97 Å². The van der Waals surface area contributed by atoms with Crippen LogP contribution >= 0.6 is 0 Å². The SMILES string of the molecule is CCOC(=O)CC(NC(=O)C(C)OCC1CCCCO1)c1ccccc1. The first-order valence-electron chi connectivity index (χ1n) is 9.34. The van der Waals surface area contributed by atoms with E-state index in [1.807, 2.05) is 30.3 Å². The molecule has 1 fully saturated rings. The van der Waals surface area contributed by atoms with Crippen LogP contribution < -0.4 is 5.32 Å². The summed E-state index contributed by atoms with van der Waals surface area (Å²) in [5, 5.41) is 2.90. The lowest BCUT2D eigenvalue weighted by atomic mass is 10.0. The number of carbonyl (C=O) groups excluding carboxylic acids is 2. The highest BCUT2D eigenvalue weighted by Crippen LogP contribution is 2.18. The lowest BCUT2D eigenvalue weighted by Crippen LogP contribution is -2.39. The second kappa shape index (κ2) is 10.9. The monoisotopic (exact) mass is 363 g/mol. The first kappa shape index (κ1) is 20.4. The van der Waals surface area contributed by atoms with Gasteiger partial charge < -0.3 is 19.5 Å². The first-order valence-corrected chi connectivity index (χ1v) is 9.34. The number of esters is 1. The molecule has 1 amide bonds. The number of amides is 1. The molecule has 26 heavy (non-hydrogen) atoms. The molecule has 1 saturated heterocycles. The molecule has 0 aliphatic carbocycles. The molecule has 6 heteroatoms. The summed E-state index contributed by atoms with van der Waals surface area (Å²) in [5.74, 6) is -0.593. The molecule has 1 aromatic rings. The molecule has 2 rings (SSSR count). The van der Waals surface area contributed by atoms with Crippen LogP contribution in [0.4, 0.5) is 0 Å². The minimum Gasteiger partial charge on any atom is -0.466 e. The number of carbonyl (C=O) groups is 2. The van der Waals surface area contributed by atoms with Crippen LogP contribution in [0, 0.1) is 0 Å². The van der Waals surface area contributed by atoms with E-state index in [2.05, 4.69) is 5.32 Å². The number of ether oxygens (including phenoxy) is 3. The van der Waals surface area contributed by atoms with Crippen molar-refractivity contribution in [1.29, 1.82) is 0 Å². The number of hydrogen-bond acceptors (Lipinski definition) is 5. The molecule has 0 saturated carbocycles. The van der Waals surface area contributed by atoms with Gasteiger partial charge in [-0.05, 0) is 38.7 Å². The summed E-state index contributed by atoms with van der Waals surface area (Å²) in [6.07, 6.45) is 2.70. The van der Waals surface area contributed by atoms with Crippen LogP contribution in [-0.4, -0.2) is 43.9 Å². The Morgan fingerprint density at radius 3 is 2.69 bits per heavy atom. The molecule has 1 aromatic carbocycles. The van der Waals surface area contributed by atoms with Gasteiger partial charge in [-0.2, -0.15) is 0 Å². The lowest BCUT2D eigenvalue weighted by Gasteiger charge is -2.25. The second-order valence-electron chi connectivity index (χ2n) is 6.45. The van der Waals surface area contributed by atoms with Gasteiger partial charge in [0.25, 0.3) is 0 Å². The van der Waals surface area contributed by atoms with Crippen LogP contribution in [0.25, 0.3) is 0 Å². The summed E-state index contributed by atoms with van der Waals surface area (Å²) in [7, 11) is 0. The van der Waals surface area contributed by atoms with Gasteiger partial charge in [0.05, 0.1) is 31.8 Å². The number of rotatable bonds is 9. The van der Waals surface area contributed by atoms with E-state index in [9.17, 15) is 9.59 Å². The van der Waals surface area contributed by atoms with Crippen LogP contribution in [0.3, 0.4) is 0 Å². The summed E-state index contributed by atoms with van der Waals surface area (Å²) in [6, 6.07) is 8.96. The van der Waals surface area contributed by atoms with Crippen LogP contribution in [0.2, 0.25) is 0 Å². The molecule has 3 unspecified atom stereocenters. The van der Waals surface area contributed by atoms with E-state index in [-0.39, 0.29) is 24.4 Å². The van der Waals surface area contributed by atoms with Gasteiger partial charge in [0.1, 0.15) is 6.10 Å². The van der Waals surface area contributed by atoms with Crippen molar-refractivity contribution < 1.29 is 23.8 Å². The molecule has 6 nitrogen and oxygen atoms in total. The summed E-state index contributed by atoms with van der Waals surface area (Å²) in [4.78, 5) is 24.4. The Hall–Kier alpha value is -1.92. The largest absolute Gasteiger partial charge is 0.466 e. The highest BCUT2D eigenvalue weighted by Gasteiger charge is 2.23. The Balaban J connectivity index is 1.90. The predicted octanol–water partition coefficient (Wildman–Crippen LogP) is 2.77. The van der Waals surface area contributed by atoms with Gasteiger partial charge in [-0.3, -0.25) is 9.59 Å². The molecule has 1 heterocycles. The third-order valence-corrected chi connectivity index (χ3v) is 4.37. The topological polar surface area (TPSA) is 73.9 Å². The Morgan fingerprint density at radius 2 is 2.04 bits per heavy atom. The van der Waals surface area contributed by atoms with Crippen LogP contribution in [-0.2, 0) is 23.8 Å². The Labute approximate surface area is 155 Å². The molecule has 0 radical (unpaired) electrons. The number of nitrogens with one attached hydrogen (secondary N) is 1. The van der Waals surface area contributed by atoms with Crippen molar-refractivity contribution in [3.8, 4) is 0 Å². The highest BCUT2D eigenvalue weighted by atomic mass is 16.5. The van der Waals surface area contributed by atoms with Gasteiger partial charge in [0.15, 0.2) is 0 Å². The van der Waals surface area contributed by atoms with Gasteiger partial charge in [-0.15, -0.1) is 0 Å². The lowest BCUT2D eigenvalue weighted by molar-refractivity contribution is -0.144. The molecule has 0 aromatic heterocycles. The first-order chi connectivity index (χ1) is 12.6. The molecule has 1 aliphatic heterocycles. The maximum absolute atomic E-state index is 12.5. The van der Waals surface area contributed by atoms with E-state index in [4.69, 9.17) is 14.2 Å². The average Bonchev–Trinajstić information content (AvgIpc) is 2.67. The predicted molar refractivity (Wildman–Crippen MR) is 97.6 cm³/mol. The Bertz CT molecular complexity index is 557. The van der Waals surface area contributed by atoms with E-state index in [1.165, 1.54) is 0 Å². The Morgan fingerprint density at radius 1 is 1.27 bits per heavy atom. The quantitative estimate of drug-likeness (QED) is 0.683. The maximum atomic E-state index is 12.5. The highest BCUT2D eigenvalue weighted by molar-refractivity contribution is 5.81. The van der Waals surface area contributed by atoms with Crippen molar-refractivity contribution >= 4 is 11.9 Å². The molecule has 3 atom stereocenters. The van der Waals surface area contributed by atoms with Crippen LogP contribution in [0.15, 0.2) is 30.3 Å². The zero-order chi connectivity index (χ0) is 18.8. The van der Waals surface area contributed by atoms with Crippen LogP contribution in [0.5, 0.6) is 0 Å². The smallest absolute Gasteiger partial charge is 0.308 e. The van der Waals surface area contributed by atoms with Gasteiger partial charge in [-0.1, -0.05) is 30.3 Å². The molecule has 0 spiro atoms. The third-order valence-electron chi connectivity index (χ3n) is 4.37. The zero-order valence-corrected chi connectivity index (χ0v) is 15.6. The van der Waals surface area contributed by atoms with Gasteiger partial charge in [-0.25, -0.2) is 0 Å². The minimum atomic E-state index is -0.617. The van der Waals surface area contributed by atoms with Crippen molar-refractivity contribution in [1.82, 2.24) is 5.32 Å². The van der Waals surface area contributed by atoms with Crippen molar-refractivity contribution in [3.63, 3.8) is 0 Å². The van der Waals surface area contributed by atoms with E-state index in [1.54, 1.807) is 13.8 Å². The maximum Gasteiger partial charge on any atom is 0.308 e. The zero-order valence-electron chi connectivity index (χ0n) is 15.6. The van der Waals surface area contributed by atoms with E-state index >= 15 is 0 Å². The van der Waals surface area contributed by atoms with E-state index < -0.39 is 12.1 Å². The summed E-state index contributed by atoms with van der Waals surface area (Å²) in [6.45, 7) is 4.95. The van der Waals surface area contributed by atoms with Gasteiger partial charge in [0.2, 0.25) is 5.91 Å². The minimum absolute atomic E-state index is 0.0588. The fourth-order valence-corrected chi connectivity index (χ4v) is 2.88. The van der Waals surface area contributed by atoms with E-state index in [0.717, 1.165) is 31.4 Å².